The van der Waals surface area contributed by atoms with Gasteiger partial charge in [-0.15, -0.1) is 24.0 Å². The minimum atomic E-state index is -0.0581. The van der Waals surface area contributed by atoms with Crippen molar-refractivity contribution in [3.63, 3.8) is 0 Å². The maximum Gasteiger partial charge on any atom is 0.241 e. The van der Waals surface area contributed by atoms with Crippen molar-refractivity contribution >= 4 is 35.8 Å². The van der Waals surface area contributed by atoms with Crippen LogP contribution < -0.4 is 16.0 Å². The van der Waals surface area contributed by atoms with Gasteiger partial charge >= 0.3 is 0 Å². The fraction of sp³-hybridized carbons (Fsp3) is 0.529. The minimum Gasteiger partial charge on any atom is -0.357 e. The Morgan fingerprint density at radius 3 is 2.48 bits per heavy atom. The first kappa shape index (κ1) is 21.7. The number of halogens is 1. The highest BCUT2D eigenvalue weighted by molar-refractivity contribution is 14.0. The average molecular weight is 432 g/mol. The van der Waals surface area contributed by atoms with E-state index in [0.29, 0.717) is 18.5 Å². The summed E-state index contributed by atoms with van der Waals surface area (Å²) in [5, 5.41) is 9.30. The predicted octanol–water partition coefficient (Wildman–Crippen LogP) is 2.32. The van der Waals surface area contributed by atoms with Crippen molar-refractivity contribution in [2.75, 3.05) is 19.6 Å². The first-order valence-corrected chi connectivity index (χ1v) is 8.01. The Kier molecular flexibility index (Phi) is 12.4. The van der Waals surface area contributed by atoms with Crippen molar-refractivity contribution in [3.8, 4) is 0 Å². The Hall–Kier alpha value is -1.31. The lowest BCUT2D eigenvalue weighted by molar-refractivity contribution is -0.119. The first-order valence-electron chi connectivity index (χ1n) is 8.01. The molecule has 0 aromatic heterocycles. The molecule has 0 aliphatic rings. The molecule has 0 fully saturated rings. The van der Waals surface area contributed by atoms with E-state index in [-0.39, 0.29) is 36.4 Å². The lowest BCUT2D eigenvalue weighted by atomic mass is 10.1. The Morgan fingerprint density at radius 2 is 1.87 bits per heavy atom. The molecule has 3 N–H and O–H groups in total. The molecule has 0 bridgehead atoms. The second-order valence-electron chi connectivity index (χ2n) is 5.23. The van der Waals surface area contributed by atoms with Crippen molar-refractivity contribution in [2.45, 2.75) is 39.7 Å². The highest BCUT2D eigenvalue weighted by Crippen LogP contribution is 1.98. The number of aliphatic imine (C=N–C) groups is 1. The van der Waals surface area contributed by atoms with E-state index in [4.69, 9.17) is 0 Å². The summed E-state index contributed by atoms with van der Waals surface area (Å²) in [5.74, 6) is 0.632. The van der Waals surface area contributed by atoms with Crippen LogP contribution in [0.1, 0.15) is 32.8 Å². The predicted molar refractivity (Wildman–Crippen MR) is 107 cm³/mol. The quantitative estimate of drug-likeness (QED) is 0.336. The van der Waals surface area contributed by atoms with Crippen LogP contribution in [0.2, 0.25) is 0 Å². The number of nitrogens with zero attached hydrogens (tertiary/aromatic N) is 1. The van der Waals surface area contributed by atoms with Crippen LogP contribution in [0.25, 0.3) is 0 Å². The van der Waals surface area contributed by atoms with Gasteiger partial charge in [0, 0.05) is 19.1 Å². The molecule has 23 heavy (non-hydrogen) atoms. The summed E-state index contributed by atoms with van der Waals surface area (Å²) in [6, 6.07) is 10.4. The first-order chi connectivity index (χ1) is 10.7. The summed E-state index contributed by atoms with van der Waals surface area (Å²) in [7, 11) is 0. The number of hydrogen-bond acceptors (Lipinski definition) is 2. The van der Waals surface area contributed by atoms with Gasteiger partial charge in [0.1, 0.15) is 6.54 Å². The summed E-state index contributed by atoms with van der Waals surface area (Å²) < 4.78 is 0. The fourth-order valence-corrected chi connectivity index (χ4v) is 1.85. The van der Waals surface area contributed by atoms with E-state index in [2.05, 4.69) is 46.9 Å². The average Bonchev–Trinajstić information content (AvgIpc) is 2.53. The second kappa shape index (κ2) is 13.2. The van der Waals surface area contributed by atoms with Crippen LogP contribution in [0.4, 0.5) is 0 Å². The molecule has 0 heterocycles. The van der Waals surface area contributed by atoms with Crippen LogP contribution >= 0.6 is 24.0 Å². The van der Waals surface area contributed by atoms with Crippen molar-refractivity contribution in [3.05, 3.63) is 35.9 Å². The van der Waals surface area contributed by atoms with Crippen LogP contribution in [-0.2, 0) is 11.2 Å². The topological polar surface area (TPSA) is 65.5 Å². The van der Waals surface area contributed by atoms with Crippen molar-refractivity contribution in [2.24, 2.45) is 4.99 Å². The molecule has 1 atom stereocenters. The van der Waals surface area contributed by atoms with Crippen molar-refractivity contribution < 1.29 is 4.79 Å². The van der Waals surface area contributed by atoms with Gasteiger partial charge in [0.05, 0.1) is 0 Å². The summed E-state index contributed by atoms with van der Waals surface area (Å²) in [6.45, 7) is 7.75. The zero-order chi connectivity index (χ0) is 16.2. The Balaban J connectivity index is 0.00000484. The van der Waals surface area contributed by atoms with Crippen LogP contribution in [0.3, 0.4) is 0 Å². The molecule has 1 amide bonds. The molecule has 5 nitrogen and oxygen atoms in total. The van der Waals surface area contributed by atoms with E-state index in [9.17, 15) is 4.79 Å². The van der Waals surface area contributed by atoms with Crippen molar-refractivity contribution in [1.29, 1.82) is 0 Å². The van der Waals surface area contributed by atoms with Gasteiger partial charge in [-0.1, -0.05) is 37.3 Å². The van der Waals surface area contributed by atoms with Crippen LogP contribution in [0.15, 0.2) is 35.3 Å². The molecule has 0 saturated heterocycles. The number of carbonyl (C=O) groups is 1. The molecule has 1 aromatic carbocycles. The van der Waals surface area contributed by atoms with Gasteiger partial charge < -0.3 is 16.0 Å². The third-order valence-electron chi connectivity index (χ3n) is 3.30. The standard InChI is InChI=1S/C17H28N4O.HI/c1-4-14(3)21-17(18-5-2)20-13-16(22)19-12-11-15-9-7-6-8-10-15;/h6-10,14H,4-5,11-13H2,1-3H3,(H,19,22)(H2,18,20,21);1H. The van der Waals surface area contributed by atoms with Gasteiger partial charge in [0.25, 0.3) is 0 Å². The van der Waals surface area contributed by atoms with E-state index in [1.54, 1.807) is 0 Å². The molecular formula is C17H29IN4O. The van der Waals surface area contributed by atoms with Crippen LogP contribution in [0.5, 0.6) is 0 Å². The van der Waals surface area contributed by atoms with Gasteiger partial charge in [-0.2, -0.15) is 0 Å². The molecule has 1 aromatic rings. The number of hydrogen-bond donors (Lipinski definition) is 3. The van der Waals surface area contributed by atoms with E-state index >= 15 is 0 Å². The molecule has 1 rings (SSSR count). The maximum atomic E-state index is 11.8. The van der Waals surface area contributed by atoms with Gasteiger partial charge in [0.2, 0.25) is 5.91 Å². The zero-order valence-electron chi connectivity index (χ0n) is 14.3. The third kappa shape index (κ3) is 10.1. The summed E-state index contributed by atoms with van der Waals surface area (Å²) in [6.07, 6.45) is 1.84. The molecule has 0 saturated carbocycles. The number of rotatable bonds is 8. The van der Waals surface area contributed by atoms with E-state index in [0.717, 1.165) is 19.4 Å². The third-order valence-corrected chi connectivity index (χ3v) is 3.30. The largest absolute Gasteiger partial charge is 0.357 e. The molecule has 0 aliphatic carbocycles. The molecule has 0 aliphatic heterocycles. The SMILES string of the molecule is CCNC(=NCC(=O)NCCc1ccccc1)NC(C)CC.I. The molecular weight excluding hydrogens is 403 g/mol. The molecule has 6 heteroatoms. The number of benzene rings is 1. The Labute approximate surface area is 156 Å². The monoisotopic (exact) mass is 432 g/mol. The Morgan fingerprint density at radius 1 is 1.17 bits per heavy atom. The number of carbonyl (C=O) groups excluding carboxylic acids is 1. The van der Waals surface area contributed by atoms with Gasteiger partial charge in [-0.05, 0) is 32.3 Å². The normalized spacial score (nSPS) is 12.0. The van der Waals surface area contributed by atoms with E-state index in [1.807, 2.05) is 25.1 Å². The molecule has 130 valence electrons. The van der Waals surface area contributed by atoms with Crippen LogP contribution in [-0.4, -0.2) is 37.5 Å². The van der Waals surface area contributed by atoms with Gasteiger partial charge in [-0.3, -0.25) is 4.79 Å². The number of guanidine groups is 1. The maximum absolute atomic E-state index is 11.8. The fourth-order valence-electron chi connectivity index (χ4n) is 1.85. The summed E-state index contributed by atoms with van der Waals surface area (Å²) in [4.78, 5) is 16.1. The second-order valence-corrected chi connectivity index (χ2v) is 5.23. The van der Waals surface area contributed by atoms with Gasteiger partial charge in [0.15, 0.2) is 5.96 Å². The lowest BCUT2D eigenvalue weighted by Crippen LogP contribution is -2.42. The van der Waals surface area contributed by atoms with E-state index in [1.165, 1.54) is 5.56 Å². The molecule has 0 radical (unpaired) electrons. The highest BCUT2D eigenvalue weighted by atomic mass is 127. The number of nitrogens with one attached hydrogen (secondary N) is 3. The number of amides is 1. The zero-order valence-corrected chi connectivity index (χ0v) is 16.6. The summed E-state index contributed by atoms with van der Waals surface area (Å²) in [5.41, 5.74) is 1.22. The highest BCUT2D eigenvalue weighted by Gasteiger charge is 2.04. The Bertz CT molecular complexity index is 465. The summed E-state index contributed by atoms with van der Waals surface area (Å²) >= 11 is 0. The smallest absolute Gasteiger partial charge is 0.241 e. The lowest BCUT2D eigenvalue weighted by Gasteiger charge is -2.16. The van der Waals surface area contributed by atoms with Crippen LogP contribution in [0, 0.1) is 0 Å². The van der Waals surface area contributed by atoms with Gasteiger partial charge in [-0.25, -0.2) is 4.99 Å². The van der Waals surface area contributed by atoms with Crippen molar-refractivity contribution in [1.82, 2.24) is 16.0 Å². The minimum absolute atomic E-state index is 0. The molecule has 0 spiro atoms. The molecule has 1 unspecified atom stereocenters. The van der Waals surface area contributed by atoms with E-state index < -0.39 is 0 Å².